The number of nitrogens with one attached hydrogen (secondary N) is 1. The molecule has 0 saturated heterocycles. The first-order valence-electron chi connectivity index (χ1n) is 5.49. The second-order valence-electron chi connectivity index (χ2n) is 4.74. The van der Waals surface area contributed by atoms with Crippen LogP contribution in [0.4, 0.5) is 0 Å². The molecule has 2 rings (SSSR count). The molecule has 0 saturated carbocycles. The fraction of sp³-hybridized carbons (Fsp3) is 0.538. The van der Waals surface area contributed by atoms with Gasteiger partial charge in [0.15, 0.2) is 0 Å². The molecule has 1 unspecified atom stereocenters. The molecule has 14 heavy (non-hydrogen) atoms. The number of hydrogen-bond acceptors (Lipinski definition) is 1. The molecule has 0 radical (unpaired) electrons. The fourth-order valence-corrected chi connectivity index (χ4v) is 2.46. The van der Waals surface area contributed by atoms with E-state index in [1.54, 1.807) is 0 Å². The zero-order valence-electron chi connectivity index (χ0n) is 9.30. The Labute approximate surface area is 86.5 Å². The molecule has 1 heteroatoms. The van der Waals surface area contributed by atoms with Gasteiger partial charge in [0.2, 0.25) is 0 Å². The van der Waals surface area contributed by atoms with Crippen LogP contribution in [0.5, 0.6) is 0 Å². The van der Waals surface area contributed by atoms with Gasteiger partial charge < -0.3 is 5.32 Å². The first-order valence-corrected chi connectivity index (χ1v) is 5.49. The van der Waals surface area contributed by atoms with Crippen molar-refractivity contribution in [3.05, 3.63) is 35.4 Å². The van der Waals surface area contributed by atoms with Crippen LogP contribution in [0.1, 0.15) is 38.3 Å². The highest BCUT2D eigenvalue weighted by atomic mass is 15.0. The summed E-state index contributed by atoms with van der Waals surface area (Å²) in [5.41, 5.74) is 3.11. The molecule has 1 aromatic rings. The van der Waals surface area contributed by atoms with Gasteiger partial charge in [0, 0.05) is 11.6 Å². The molecule has 76 valence electrons. The fourth-order valence-electron chi connectivity index (χ4n) is 2.46. The largest absolute Gasteiger partial charge is 0.305 e. The lowest BCUT2D eigenvalue weighted by atomic mass is 9.82. The van der Waals surface area contributed by atoms with Crippen molar-refractivity contribution in [3.63, 3.8) is 0 Å². The van der Waals surface area contributed by atoms with Crippen LogP contribution in [0.15, 0.2) is 24.3 Å². The minimum Gasteiger partial charge on any atom is -0.305 e. The van der Waals surface area contributed by atoms with Crippen molar-refractivity contribution in [3.8, 4) is 0 Å². The second-order valence-corrected chi connectivity index (χ2v) is 4.74. The Bertz CT molecular complexity index is 328. The molecular weight excluding hydrogens is 170 g/mol. The molecule has 1 aliphatic rings. The minimum absolute atomic E-state index is 0.134. The average Bonchev–Trinajstić information content (AvgIpc) is 2.17. The van der Waals surface area contributed by atoms with Gasteiger partial charge in [0.25, 0.3) is 0 Å². The summed E-state index contributed by atoms with van der Waals surface area (Å²) in [4.78, 5) is 0. The van der Waals surface area contributed by atoms with Crippen molar-refractivity contribution < 1.29 is 0 Å². The Morgan fingerprint density at radius 3 is 2.79 bits per heavy atom. The van der Waals surface area contributed by atoms with Gasteiger partial charge in [-0.15, -0.1) is 0 Å². The summed E-state index contributed by atoms with van der Waals surface area (Å²) in [5, 5.41) is 3.70. The van der Waals surface area contributed by atoms with E-state index in [1.165, 1.54) is 24.0 Å². The van der Waals surface area contributed by atoms with Crippen LogP contribution >= 0.6 is 0 Å². The lowest BCUT2D eigenvalue weighted by molar-refractivity contribution is 0.306. The third-order valence-electron chi connectivity index (χ3n) is 3.21. The van der Waals surface area contributed by atoms with E-state index in [0.29, 0.717) is 6.04 Å². The van der Waals surface area contributed by atoms with E-state index in [0.717, 1.165) is 0 Å². The van der Waals surface area contributed by atoms with Crippen molar-refractivity contribution in [2.75, 3.05) is 0 Å². The standard InChI is InChI=1S/C13H19N/c1-4-11-9-10-7-5-6-8-12(10)13(2,3)14-11/h5-8,11,14H,4,9H2,1-3H3. The summed E-state index contributed by atoms with van der Waals surface area (Å²) >= 11 is 0. The predicted molar refractivity (Wildman–Crippen MR) is 60.4 cm³/mol. The maximum atomic E-state index is 3.70. The highest BCUT2D eigenvalue weighted by molar-refractivity contribution is 5.35. The molecule has 1 aromatic carbocycles. The van der Waals surface area contributed by atoms with Gasteiger partial charge in [-0.05, 0) is 37.8 Å². The molecular formula is C13H19N. The third kappa shape index (κ3) is 1.57. The normalized spacial score (nSPS) is 24.4. The molecule has 0 amide bonds. The summed E-state index contributed by atoms with van der Waals surface area (Å²) in [5.74, 6) is 0. The monoisotopic (exact) mass is 189 g/mol. The maximum Gasteiger partial charge on any atom is 0.0382 e. The van der Waals surface area contributed by atoms with Crippen LogP contribution in [0.3, 0.4) is 0 Å². The summed E-state index contributed by atoms with van der Waals surface area (Å²) < 4.78 is 0. The van der Waals surface area contributed by atoms with Gasteiger partial charge in [0.1, 0.15) is 0 Å². The summed E-state index contributed by atoms with van der Waals surface area (Å²) in [6.45, 7) is 6.79. The maximum absolute atomic E-state index is 3.70. The van der Waals surface area contributed by atoms with Crippen molar-refractivity contribution in [1.29, 1.82) is 0 Å². The Balaban J connectivity index is 2.41. The van der Waals surface area contributed by atoms with Gasteiger partial charge in [-0.3, -0.25) is 0 Å². The van der Waals surface area contributed by atoms with Gasteiger partial charge in [-0.25, -0.2) is 0 Å². The predicted octanol–water partition coefficient (Wildman–Crippen LogP) is 2.85. The van der Waals surface area contributed by atoms with Crippen molar-refractivity contribution in [2.45, 2.75) is 45.2 Å². The van der Waals surface area contributed by atoms with E-state index in [4.69, 9.17) is 0 Å². The molecule has 0 aromatic heterocycles. The van der Waals surface area contributed by atoms with Crippen LogP contribution in [-0.4, -0.2) is 6.04 Å². The van der Waals surface area contributed by atoms with Crippen LogP contribution < -0.4 is 5.32 Å². The second kappa shape index (κ2) is 3.39. The van der Waals surface area contributed by atoms with E-state index in [-0.39, 0.29) is 5.54 Å². The zero-order chi connectivity index (χ0) is 10.2. The molecule has 1 nitrogen and oxygen atoms in total. The van der Waals surface area contributed by atoms with E-state index >= 15 is 0 Å². The Morgan fingerprint density at radius 1 is 1.36 bits per heavy atom. The van der Waals surface area contributed by atoms with Crippen molar-refractivity contribution >= 4 is 0 Å². The molecule has 0 aliphatic carbocycles. The molecule has 1 aliphatic heterocycles. The molecule has 0 fully saturated rings. The van der Waals surface area contributed by atoms with Gasteiger partial charge in [0.05, 0.1) is 0 Å². The highest BCUT2D eigenvalue weighted by Crippen LogP contribution is 2.30. The molecule has 1 N–H and O–H groups in total. The van der Waals surface area contributed by atoms with Crippen LogP contribution in [0, 0.1) is 0 Å². The number of rotatable bonds is 1. The highest BCUT2D eigenvalue weighted by Gasteiger charge is 2.30. The summed E-state index contributed by atoms with van der Waals surface area (Å²) in [6.07, 6.45) is 2.38. The van der Waals surface area contributed by atoms with Gasteiger partial charge in [-0.1, -0.05) is 31.2 Å². The first kappa shape index (κ1) is 9.72. The summed E-state index contributed by atoms with van der Waals surface area (Å²) in [6, 6.07) is 9.43. The Hall–Kier alpha value is -0.820. The third-order valence-corrected chi connectivity index (χ3v) is 3.21. The van der Waals surface area contributed by atoms with Crippen LogP contribution in [0.25, 0.3) is 0 Å². The molecule has 0 spiro atoms. The van der Waals surface area contributed by atoms with Crippen molar-refractivity contribution in [1.82, 2.24) is 5.32 Å². The first-order chi connectivity index (χ1) is 6.63. The quantitative estimate of drug-likeness (QED) is 0.716. The molecule has 1 atom stereocenters. The smallest absolute Gasteiger partial charge is 0.0382 e. The average molecular weight is 189 g/mol. The van der Waals surface area contributed by atoms with Crippen LogP contribution in [0.2, 0.25) is 0 Å². The van der Waals surface area contributed by atoms with Crippen LogP contribution in [-0.2, 0) is 12.0 Å². The van der Waals surface area contributed by atoms with Crippen molar-refractivity contribution in [2.24, 2.45) is 0 Å². The van der Waals surface area contributed by atoms with E-state index < -0.39 is 0 Å². The number of hydrogen-bond donors (Lipinski definition) is 1. The lowest BCUT2D eigenvalue weighted by Gasteiger charge is -2.39. The SMILES string of the molecule is CCC1Cc2ccccc2C(C)(C)N1. The Morgan fingerprint density at radius 2 is 2.07 bits per heavy atom. The lowest BCUT2D eigenvalue weighted by Crippen LogP contribution is -2.48. The van der Waals surface area contributed by atoms with Gasteiger partial charge in [-0.2, -0.15) is 0 Å². The zero-order valence-corrected chi connectivity index (χ0v) is 9.30. The van der Waals surface area contributed by atoms with E-state index in [9.17, 15) is 0 Å². The topological polar surface area (TPSA) is 12.0 Å². The summed E-state index contributed by atoms with van der Waals surface area (Å²) in [7, 11) is 0. The Kier molecular flexibility index (Phi) is 2.36. The van der Waals surface area contributed by atoms with Gasteiger partial charge >= 0.3 is 0 Å². The molecule has 0 bridgehead atoms. The number of benzene rings is 1. The number of fused-ring (bicyclic) bond motifs is 1. The minimum atomic E-state index is 0.134. The van der Waals surface area contributed by atoms with E-state index in [2.05, 4.69) is 50.4 Å². The molecule has 1 heterocycles. The van der Waals surface area contributed by atoms with E-state index in [1.807, 2.05) is 0 Å².